The van der Waals surface area contributed by atoms with E-state index in [1.807, 2.05) is 42.5 Å². The van der Waals surface area contributed by atoms with Gasteiger partial charge in [0.25, 0.3) is 5.91 Å². The molecule has 0 aliphatic carbocycles. The molecule has 1 unspecified atom stereocenters. The largest absolute Gasteiger partial charge is 0.480 e. The van der Waals surface area contributed by atoms with Crippen molar-refractivity contribution in [1.82, 2.24) is 0 Å². The molecule has 0 bridgehead atoms. The van der Waals surface area contributed by atoms with Crippen molar-refractivity contribution in [2.24, 2.45) is 0 Å². The Labute approximate surface area is 157 Å². The first-order chi connectivity index (χ1) is 13.1. The van der Waals surface area contributed by atoms with Crippen LogP contribution in [0, 0.1) is 0 Å². The van der Waals surface area contributed by atoms with Gasteiger partial charge in [-0.15, -0.1) is 0 Å². The molecule has 0 aromatic heterocycles. The van der Waals surface area contributed by atoms with E-state index in [2.05, 4.69) is 5.32 Å². The van der Waals surface area contributed by atoms with E-state index in [9.17, 15) is 9.59 Å². The molecule has 1 N–H and O–H groups in total. The van der Waals surface area contributed by atoms with Crippen LogP contribution in [-0.4, -0.2) is 24.6 Å². The minimum atomic E-state index is -0.680. The van der Waals surface area contributed by atoms with Gasteiger partial charge in [0.2, 0.25) is 0 Å². The van der Waals surface area contributed by atoms with E-state index >= 15 is 0 Å². The molecule has 0 aliphatic heterocycles. The summed E-state index contributed by atoms with van der Waals surface area (Å²) in [5.41, 5.74) is 1.02. The molecular weight excluding hydrogens is 342 g/mol. The number of benzene rings is 3. The van der Waals surface area contributed by atoms with Crippen LogP contribution in [0.5, 0.6) is 5.75 Å². The molecule has 0 saturated carbocycles. The topological polar surface area (TPSA) is 64.6 Å². The van der Waals surface area contributed by atoms with Crippen molar-refractivity contribution in [3.8, 4) is 5.75 Å². The van der Waals surface area contributed by atoms with Crippen LogP contribution in [0.25, 0.3) is 10.8 Å². The van der Waals surface area contributed by atoms with E-state index in [0.29, 0.717) is 23.6 Å². The number of carbonyl (C=O) groups excluding carboxylic acids is 2. The Hall–Kier alpha value is -3.34. The molecule has 0 radical (unpaired) electrons. The van der Waals surface area contributed by atoms with Crippen LogP contribution in [0.15, 0.2) is 66.7 Å². The van der Waals surface area contributed by atoms with Crippen molar-refractivity contribution >= 4 is 28.3 Å². The molecule has 1 amide bonds. The van der Waals surface area contributed by atoms with E-state index in [4.69, 9.17) is 9.47 Å². The predicted octanol–water partition coefficient (Wildman–Crippen LogP) is 4.42. The Morgan fingerprint density at radius 1 is 0.963 bits per heavy atom. The van der Waals surface area contributed by atoms with Gasteiger partial charge in [0.15, 0.2) is 6.10 Å². The zero-order valence-corrected chi connectivity index (χ0v) is 15.3. The fourth-order valence-electron chi connectivity index (χ4n) is 2.69. The molecule has 3 rings (SSSR count). The number of ether oxygens (including phenoxy) is 2. The number of carbonyl (C=O) groups is 2. The third-order valence-electron chi connectivity index (χ3n) is 4.09. The smallest absolute Gasteiger partial charge is 0.338 e. The van der Waals surface area contributed by atoms with Crippen molar-refractivity contribution in [2.45, 2.75) is 20.0 Å². The number of hydrogen-bond donors (Lipinski definition) is 1. The Kier molecular flexibility index (Phi) is 5.71. The first-order valence-corrected chi connectivity index (χ1v) is 8.81. The van der Waals surface area contributed by atoms with Gasteiger partial charge >= 0.3 is 5.97 Å². The summed E-state index contributed by atoms with van der Waals surface area (Å²) in [6.07, 6.45) is -0.680. The van der Waals surface area contributed by atoms with Gasteiger partial charge in [-0.1, -0.05) is 36.4 Å². The summed E-state index contributed by atoms with van der Waals surface area (Å²) in [7, 11) is 0. The molecule has 0 saturated heterocycles. The summed E-state index contributed by atoms with van der Waals surface area (Å²) in [4.78, 5) is 24.1. The Morgan fingerprint density at radius 2 is 1.67 bits per heavy atom. The Bertz CT molecular complexity index is 945. The van der Waals surface area contributed by atoms with Gasteiger partial charge in [0, 0.05) is 11.1 Å². The first-order valence-electron chi connectivity index (χ1n) is 8.81. The average molecular weight is 363 g/mol. The number of esters is 1. The van der Waals surface area contributed by atoms with E-state index in [0.717, 1.165) is 10.8 Å². The summed E-state index contributed by atoms with van der Waals surface area (Å²) in [5.74, 6) is 0.00302. The fourth-order valence-corrected chi connectivity index (χ4v) is 2.69. The van der Waals surface area contributed by atoms with Gasteiger partial charge in [0.05, 0.1) is 12.2 Å². The average Bonchev–Trinajstić information content (AvgIpc) is 2.69. The number of rotatable bonds is 6. The van der Waals surface area contributed by atoms with Gasteiger partial charge in [-0.2, -0.15) is 0 Å². The summed E-state index contributed by atoms with van der Waals surface area (Å²) in [5, 5.41) is 4.80. The lowest BCUT2D eigenvalue weighted by atomic mass is 10.1. The van der Waals surface area contributed by atoms with E-state index in [1.165, 1.54) is 0 Å². The van der Waals surface area contributed by atoms with Crippen molar-refractivity contribution in [3.05, 3.63) is 72.3 Å². The van der Waals surface area contributed by atoms with Crippen LogP contribution in [0.3, 0.4) is 0 Å². The monoisotopic (exact) mass is 363 g/mol. The quantitative estimate of drug-likeness (QED) is 0.658. The number of hydrogen-bond acceptors (Lipinski definition) is 4. The fraction of sp³-hybridized carbons (Fsp3) is 0.182. The standard InChI is InChI=1S/C22H21NO4/c1-3-26-22(25)17-11-13-18(14-12-17)23-21(24)15(2)27-20-10-6-8-16-7-4-5-9-19(16)20/h4-15H,3H2,1-2H3,(H,23,24). The van der Waals surface area contributed by atoms with Crippen molar-refractivity contribution in [3.63, 3.8) is 0 Å². The minimum Gasteiger partial charge on any atom is -0.480 e. The predicted molar refractivity (Wildman–Crippen MR) is 105 cm³/mol. The Balaban J connectivity index is 1.66. The summed E-state index contributed by atoms with van der Waals surface area (Å²) in [6, 6.07) is 20.2. The summed E-state index contributed by atoms with van der Waals surface area (Å²) < 4.78 is 10.8. The van der Waals surface area contributed by atoms with Crippen LogP contribution >= 0.6 is 0 Å². The van der Waals surface area contributed by atoms with E-state index in [-0.39, 0.29) is 11.9 Å². The lowest BCUT2D eigenvalue weighted by molar-refractivity contribution is -0.122. The number of amides is 1. The number of anilines is 1. The first kappa shape index (κ1) is 18.5. The molecule has 1 atom stereocenters. The molecular formula is C22H21NO4. The second-order valence-electron chi connectivity index (χ2n) is 6.02. The SMILES string of the molecule is CCOC(=O)c1ccc(NC(=O)C(C)Oc2cccc3ccccc23)cc1. The molecule has 5 nitrogen and oxygen atoms in total. The van der Waals surface area contributed by atoms with E-state index in [1.54, 1.807) is 38.1 Å². The zero-order chi connectivity index (χ0) is 19.2. The number of fused-ring (bicyclic) bond motifs is 1. The molecule has 27 heavy (non-hydrogen) atoms. The van der Waals surface area contributed by atoms with Crippen LogP contribution in [0.1, 0.15) is 24.2 Å². The van der Waals surface area contributed by atoms with Gasteiger partial charge in [-0.25, -0.2) is 4.79 Å². The molecule has 138 valence electrons. The van der Waals surface area contributed by atoms with E-state index < -0.39 is 6.10 Å². The third kappa shape index (κ3) is 4.44. The second kappa shape index (κ2) is 8.36. The zero-order valence-electron chi connectivity index (χ0n) is 15.3. The lowest BCUT2D eigenvalue weighted by Gasteiger charge is -2.16. The summed E-state index contributed by atoms with van der Waals surface area (Å²) >= 11 is 0. The molecule has 0 heterocycles. The van der Waals surface area contributed by atoms with Crippen LogP contribution in [0.4, 0.5) is 5.69 Å². The highest BCUT2D eigenvalue weighted by molar-refractivity contribution is 5.96. The third-order valence-corrected chi connectivity index (χ3v) is 4.09. The van der Waals surface area contributed by atoms with Crippen LogP contribution in [-0.2, 0) is 9.53 Å². The maximum Gasteiger partial charge on any atom is 0.338 e. The normalized spacial score (nSPS) is 11.6. The summed E-state index contributed by atoms with van der Waals surface area (Å²) in [6.45, 7) is 3.77. The molecule has 0 fully saturated rings. The Morgan fingerprint density at radius 3 is 2.41 bits per heavy atom. The van der Waals surface area contributed by atoms with Gasteiger partial charge < -0.3 is 14.8 Å². The number of nitrogens with one attached hydrogen (secondary N) is 1. The molecule has 0 aliphatic rings. The second-order valence-corrected chi connectivity index (χ2v) is 6.02. The van der Waals surface area contributed by atoms with Crippen molar-refractivity contribution < 1.29 is 19.1 Å². The van der Waals surface area contributed by atoms with Gasteiger partial charge in [-0.05, 0) is 49.6 Å². The van der Waals surface area contributed by atoms with Gasteiger partial charge in [0.1, 0.15) is 5.75 Å². The molecule has 0 spiro atoms. The molecule has 3 aromatic rings. The highest BCUT2D eigenvalue weighted by atomic mass is 16.5. The maximum atomic E-state index is 12.4. The van der Waals surface area contributed by atoms with Crippen molar-refractivity contribution in [1.29, 1.82) is 0 Å². The maximum absolute atomic E-state index is 12.4. The highest BCUT2D eigenvalue weighted by Gasteiger charge is 2.16. The molecule has 3 aromatic carbocycles. The lowest BCUT2D eigenvalue weighted by Crippen LogP contribution is -2.30. The van der Waals surface area contributed by atoms with Gasteiger partial charge in [-0.3, -0.25) is 4.79 Å². The minimum absolute atomic E-state index is 0.271. The molecule has 5 heteroatoms. The van der Waals surface area contributed by atoms with Crippen molar-refractivity contribution in [2.75, 3.05) is 11.9 Å². The van der Waals surface area contributed by atoms with Crippen LogP contribution < -0.4 is 10.1 Å². The highest BCUT2D eigenvalue weighted by Crippen LogP contribution is 2.26. The van der Waals surface area contributed by atoms with Crippen LogP contribution in [0.2, 0.25) is 0 Å².